The molecule has 2 aliphatic rings. The van der Waals surface area contributed by atoms with Crippen LogP contribution in [-0.4, -0.2) is 25.0 Å². The summed E-state index contributed by atoms with van der Waals surface area (Å²) in [5.74, 6) is 0.620. The Morgan fingerprint density at radius 2 is 1.80 bits per heavy atom. The first-order valence-corrected chi connectivity index (χ1v) is 6.37. The van der Waals surface area contributed by atoms with Gasteiger partial charge in [-0.1, -0.05) is 12.8 Å². The van der Waals surface area contributed by atoms with Gasteiger partial charge in [-0.2, -0.15) is 0 Å². The van der Waals surface area contributed by atoms with Crippen molar-refractivity contribution in [3.8, 4) is 0 Å². The van der Waals surface area contributed by atoms with Gasteiger partial charge in [-0.05, 0) is 38.6 Å². The van der Waals surface area contributed by atoms with Gasteiger partial charge in [0, 0.05) is 18.5 Å². The average molecular weight is 210 g/mol. The standard InChI is InChI=1S/C12H22N2O/c15-12(10-4-1-5-10)14-9-3-8-13-11-6-2-7-11/h10-11,13H,1-9H2,(H,14,15). The maximum absolute atomic E-state index is 11.5. The van der Waals surface area contributed by atoms with Crippen LogP contribution in [0.1, 0.15) is 44.9 Å². The molecule has 0 aromatic carbocycles. The molecule has 2 aliphatic carbocycles. The minimum atomic E-state index is 0.282. The summed E-state index contributed by atoms with van der Waals surface area (Å²) >= 11 is 0. The lowest BCUT2D eigenvalue weighted by Gasteiger charge is -2.27. The maximum atomic E-state index is 11.5. The second kappa shape index (κ2) is 5.50. The number of hydrogen-bond acceptors (Lipinski definition) is 2. The van der Waals surface area contributed by atoms with E-state index in [0.29, 0.717) is 5.92 Å². The molecule has 0 atom stereocenters. The third kappa shape index (κ3) is 3.20. The summed E-state index contributed by atoms with van der Waals surface area (Å²) in [5.41, 5.74) is 0. The monoisotopic (exact) mass is 210 g/mol. The molecule has 0 heterocycles. The largest absolute Gasteiger partial charge is 0.356 e. The number of hydrogen-bond donors (Lipinski definition) is 2. The van der Waals surface area contributed by atoms with Gasteiger partial charge in [-0.25, -0.2) is 0 Å². The molecule has 2 rings (SSSR count). The molecule has 0 aromatic heterocycles. The number of carbonyl (C=O) groups excluding carboxylic acids is 1. The van der Waals surface area contributed by atoms with E-state index in [2.05, 4.69) is 10.6 Å². The van der Waals surface area contributed by atoms with Gasteiger partial charge in [0.15, 0.2) is 0 Å². The number of nitrogens with one attached hydrogen (secondary N) is 2. The molecule has 86 valence electrons. The fourth-order valence-corrected chi connectivity index (χ4v) is 2.03. The van der Waals surface area contributed by atoms with Crippen LogP contribution in [-0.2, 0) is 4.79 Å². The number of rotatable bonds is 6. The summed E-state index contributed by atoms with van der Waals surface area (Å²) in [4.78, 5) is 11.5. The lowest BCUT2D eigenvalue weighted by Crippen LogP contribution is -2.38. The minimum absolute atomic E-state index is 0.282. The molecule has 3 heteroatoms. The third-order valence-electron chi connectivity index (χ3n) is 3.67. The average Bonchev–Trinajstić information content (AvgIpc) is 2.04. The molecule has 0 radical (unpaired) electrons. The lowest BCUT2D eigenvalue weighted by atomic mass is 9.85. The first kappa shape index (κ1) is 10.9. The predicted molar refractivity (Wildman–Crippen MR) is 60.6 cm³/mol. The predicted octanol–water partition coefficient (Wildman–Crippen LogP) is 1.43. The van der Waals surface area contributed by atoms with Crippen LogP contribution in [0.2, 0.25) is 0 Å². The highest BCUT2D eigenvalue weighted by molar-refractivity contribution is 5.79. The first-order valence-electron chi connectivity index (χ1n) is 6.37. The molecular formula is C12H22N2O. The summed E-state index contributed by atoms with van der Waals surface area (Å²) in [7, 11) is 0. The van der Waals surface area contributed by atoms with E-state index in [1.54, 1.807) is 0 Å². The molecule has 3 nitrogen and oxygen atoms in total. The molecule has 2 fully saturated rings. The van der Waals surface area contributed by atoms with Crippen molar-refractivity contribution in [2.45, 2.75) is 51.0 Å². The van der Waals surface area contributed by atoms with Crippen molar-refractivity contribution in [1.29, 1.82) is 0 Å². The summed E-state index contributed by atoms with van der Waals surface area (Å²) in [6, 6.07) is 0.771. The van der Waals surface area contributed by atoms with Crippen LogP contribution in [0.3, 0.4) is 0 Å². The van der Waals surface area contributed by atoms with Crippen molar-refractivity contribution in [3.63, 3.8) is 0 Å². The van der Waals surface area contributed by atoms with Gasteiger partial charge in [0.05, 0.1) is 0 Å². The minimum Gasteiger partial charge on any atom is -0.356 e. The molecule has 0 aliphatic heterocycles. The van der Waals surface area contributed by atoms with E-state index in [4.69, 9.17) is 0 Å². The summed E-state index contributed by atoms with van der Waals surface area (Å²) in [6.07, 6.45) is 8.58. The van der Waals surface area contributed by atoms with E-state index < -0.39 is 0 Å². The number of amides is 1. The Hall–Kier alpha value is -0.570. The maximum Gasteiger partial charge on any atom is 0.223 e. The highest BCUT2D eigenvalue weighted by atomic mass is 16.1. The van der Waals surface area contributed by atoms with Crippen LogP contribution in [0, 0.1) is 5.92 Å². The van der Waals surface area contributed by atoms with E-state index in [1.165, 1.54) is 25.7 Å². The molecular weight excluding hydrogens is 188 g/mol. The highest BCUT2D eigenvalue weighted by Gasteiger charge is 2.24. The molecule has 0 unspecified atom stereocenters. The molecule has 0 aromatic rings. The van der Waals surface area contributed by atoms with Gasteiger partial charge < -0.3 is 10.6 Å². The zero-order valence-electron chi connectivity index (χ0n) is 9.43. The Labute approximate surface area is 92.0 Å². The van der Waals surface area contributed by atoms with Crippen molar-refractivity contribution in [2.75, 3.05) is 13.1 Å². The molecule has 2 N–H and O–H groups in total. The SMILES string of the molecule is O=C(NCCCNC1CCC1)C1CCC1. The van der Waals surface area contributed by atoms with Crippen molar-refractivity contribution in [1.82, 2.24) is 10.6 Å². The van der Waals surface area contributed by atoms with Crippen molar-refractivity contribution < 1.29 is 4.79 Å². The molecule has 0 saturated heterocycles. The Bertz CT molecular complexity index is 210. The smallest absolute Gasteiger partial charge is 0.223 e. The normalized spacial score (nSPS) is 21.9. The second-order valence-electron chi connectivity index (χ2n) is 4.85. The lowest BCUT2D eigenvalue weighted by molar-refractivity contribution is -0.127. The summed E-state index contributed by atoms with van der Waals surface area (Å²) < 4.78 is 0. The molecule has 0 bridgehead atoms. The molecule has 15 heavy (non-hydrogen) atoms. The molecule has 2 saturated carbocycles. The fraction of sp³-hybridized carbons (Fsp3) is 0.917. The van der Waals surface area contributed by atoms with Crippen molar-refractivity contribution in [3.05, 3.63) is 0 Å². The Balaban J connectivity index is 1.42. The quantitative estimate of drug-likeness (QED) is 0.651. The molecule has 0 spiro atoms. The summed E-state index contributed by atoms with van der Waals surface area (Å²) in [6.45, 7) is 1.89. The van der Waals surface area contributed by atoms with Gasteiger partial charge >= 0.3 is 0 Å². The summed E-state index contributed by atoms with van der Waals surface area (Å²) in [5, 5.41) is 6.51. The van der Waals surface area contributed by atoms with Crippen LogP contribution < -0.4 is 10.6 Å². The second-order valence-corrected chi connectivity index (χ2v) is 4.85. The van der Waals surface area contributed by atoms with Crippen LogP contribution in [0.15, 0.2) is 0 Å². The van der Waals surface area contributed by atoms with Gasteiger partial charge in [-0.3, -0.25) is 4.79 Å². The van der Waals surface area contributed by atoms with Crippen molar-refractivity contribution >= 4 is 5.91 Å². The van der Waals surface area contributed by atoms with Gasteiger partial charge in [0.25, 0.3) is 0 Å². The topological polar surface area (TPSA) is 41.1 Å². The van der Waals surface area contributed by atoms with Crippen molar-refractivity contribution in [2.24, 2.45) is 5.92 Å². The van der Waals surface area contributed by atoms with Gasteiger partial charge in [0.2, 0.25) is 5.91 Å². The van der Waals surface area contributed by atoms with E-state index in [9.17, 15) is 4.79 Å². The van der Waals surface area contributed by atoms with E-state index in [1.807, 2.05) is 0 Å². The van der Waals surface area contributed by atoms with Crippen LogP contribution in [0.25, 0.3) is 0 Å². The van der Waals surface area contributed by atoms with E-state index in [0.717, 1.165) is 38.4 Å². The zero-order chi connectivity index (χ0) is 10.5. The van der Waals surface area contributed by atoms with E-state index in [-0.39, 0.29) is 5.91 Å². The number of carbonyl (C=O) groups is 1. The highest BCUT2D eigenvalue weighted by Crippen LogP contribution is 2.26. The van der Waals surface area contributed by atoms with Gasteiger partial charge in [0.1, 0.15) is 0 Å². The zero-order valence-corrected chi connectivity index (χ0v) is 9.43. The Morgan fingerprint density at radius 1 is 1.07 bits per heavy atom. The third-order valence-corrected chi connectivity index (χ3v) is 3.67. The van der Waals surface area contributed by atoms with Crippen LogP contribution >= 0.6 is 0 Å². The van der Waals surface area contributed by atoms with E-state index >= 15 is 0 Å². The Morgan fingerprint density at radius 3 is 2.33 bits per heavy atom. The Kier molecular flexibility index (Phi) is 4.01. The fourth-order valence-electron chi connectivity index (χ4n) is 2.03. The van der Waals surface area contributed by atoms with Crippen LogP contribution in [0.4, 0.5) is 0 Å². The first-order chi connectivity index (χ1) is 7.36. The van der Waals surface area contributed by atoms with Crippen LogP contribution in [0.5, 0.6) is 0 Å². The molecule has 1 amide bonds. The van der Waals surface area contributed by atoms with Gasteiger partial charge in [-0.15, -0.1) is 0 Å².